The molecule has 2 heterocycles. The Balaban J connectivity index is 2.17. The molecular formula is C13H20N4O3S. The van der Waals surface area contributed by atoms with Gasteiger partial charge < -0.3 is 9.73 Å². The molecule has 2 N–H and O–H groups in total. The van der Waals surface area contributed by atoms with Crippen LogP contribution in [0.3, 0.4) is 0 Å². The van der Waals surface area contributed by atoms with E-state index in [1.807, 2.05) is 14.0 Å². The van der Waals surface area contributed by atoms with Gasteiger partial charge in [-0.25, -0.2) is 13.1 Å². The summed E-state index contributed by atoms with van der Waals surface area (Å²) in [6.07, 6.45) is 1.66. The van der Waals surface area contributed by atoms with Crippen LogP contribution in [0, 0.1) is 13.8 Å². The second kappa shape index (κ2) is 6.00. The van der Waals surface area contributed by atoms with Crippen molar-refractivity contribution >= 4 is 10.0 Å². The zero-order valence-electron chi connectivity index (χ0n) is 12.6. The topological polar surface area (TPSA) is 89.2 Å². The summed E-state index contributed by atoms with van der Waals surface area (Å²) in [4.78, 5) is 0.175. The van der Waals surface area contributed by atoms with Crippen LogP contribution < -0.4 is 10.0 Å². The Hall–Kier alpha value is -1.64. The van der Waals surface area contributed by atoms with E-state index in [9.17, 15) is 8.42 Å². The molecule has 0 saturated carbocycles. The average molecular weight is 312 g/mol. The van der Waals surface area contributed by atoms with Gasteiger partial charge in [0, 0.05) is 30.9 Å². The van der Waals surface area contributed by atoms with Crippen molar-refractivity contribution in [1.82, 2.24) is 19.8 Å². The quantitative estimate of drug-likeness (QED) is 0.824. The molecule has 0 aliphatic carbocycles. The van der Waals surface area contributed by atoms with Crippen LogP contribution in [0.4, 0.5) is 0 Å². The maximum absolute atomic E-state index is 12.3. The van der Waals surface area contributed by atoms with Gasteiger partial charge in [-0.3, -0.25) is 4.68 Å². The third-order valence-electron chi connectivity index (χ3n) is 3.35. The summed E-state index contributed by atoms with van der Waals surface area (Å²) in [5.74, 6) is 0.976. The number of aromatic nitrogens is 2. The highest BCUT2D eigenvalue weighted by molar-refractivity contribution is 7.89. The Bertz CT molecular complexity index is 731. The summed E-state index contributed by atoms with van der Waals surface area (Å²) in [5.41, 5.74) is 1.77. The number of furan rings is 1. The molecule has 0 aromatic carbocycles. The predicted molar refractivity (Wildman–Crippen MR) is 78.2 cm³/mol. The second-order valence-corrected chi connectivity index (χ2v) is 6.60. The number of nitrogens with one attached hydrogen (secondary N) is 2. The Kier molecular flexibility index (Phi) is 4.50. The minimum absolute atomic E-state index is 0.175. The summed E-state index contributed by atoms with van der Waals surface area (Å²) in [6, 6.07) is 1.55. The first-order chi connectivity index (χ1) is 9.85. The van der Waals surface area contributed by atoms with E-state index in [-0.39, 0.29) is 11.4 Å². The van der Waals surface area contributed by atoms with Crippen LogP contribution in [0.25, 0.3) is 0 Å². The fourth-order valence-corrected chi connectivity index (χ4v) is 3.23. The molecule has 7 nitrogen and oxygen atoms in total. The highest BCUT2D eigenvalue weighted by Crippen LogP contribution is 2.20. The van der Waals surface area contributed by atoms with E-state index in [0.29, 0.717) is 18.1 Å². The summed E-state index contributed by atoms with van der Waals surface area (Å²) in [7, 11) is -0.0124. The number of hydrogen-bond acceptors (Lipinski definition) is 5. The molecule has 0 bridgehead atoms. The smallest absolute Gasteiger partial charge is 0.244 e. The van der Waals surface area contributed by atoms with Gasteiger partial charge in [0.2, 0.25) is 10.0 Å². The average Bonchev–Trinajstić information content (AvgIpc) is 2.93. The Morgan fingerprint density at radius 3 is 2.62 bits per heavy atom. The number of rotatable bonds is 6. The molecule has 0 atom stereocenters. The number of aryl methyl sites for hydroxylation is 2. The van der Waals surface area contributed by atoms with Crippen molar-refractivity contribution in [1.29, 1.82) is 0 Å². The van der Waals surface area contributed by atoms with Gasteiger partial charge in [0.05, 0.1) is 12.7 Å². The van der Waals surface area contributed by atoms with Crippen molar-refractivity contribution < 1.29 is 12.8 Å². The van der Waals surface area contributed by atoms with Gasteiger partial charge >= 0.3 is 0 Å². The molecular weight excluding hydrogens is 292 g/mol. The predicted octanol–water partition coefficient (Wildman–Crippen LogP) is 0.828. The van der Waals surface area contributed by atoms with Crippen molar-refractivity contribution in [2.24, 2.45) is 7.05 Å². The molecule has 0 unspecified atom stereocenters. The fourth-order valence-electron chi connectivity index (χ4n) is 2.02. The molecule has 2 rings (SSSR count). The van der Waals surface area contributed by atoms with E-state index >= 15 is 0 Å². The van der Waals surface area contributed by atoms with Crippen molar-refractivity contribution in [3.05, 3.63) is 35.0 Å². The van der Waals surface area contributed by atoms with Crippen LogP contribution in [0.1, 0.15) is 22.8 Å². The van der Waals surface area contributed by atoms with E-state index in [4.69, 9.17) is 4.42 Å². The molecule has 0 saturated heterocycles. The van der Waals surface area contributed by atoms with E-state index in [0.717, 1.165) is 11.3 Å². The Labute approximate surface area is 124 Å². The maximum atomic E-state index is 12.3. The van der Waals surface area contributed by atoms with Gasteiger partial charge in [0.15, 0.2) is 0 Å². The minimum Gasteiger partial charge on any atom is -0.464 e. The van der Waals surface area contributed by atoms with Crippen LogP contribution in [-0.4, -0.2) is 25.2 Å². The standard InChI is InChI=1S/C13H20N4O3S/c1-9-11(6-15-17(9)4)7-16-21(18,19)13-5-12(8-14-3)20-10(13)2/h5-6,14,16H,7-8H2,1-4H3. The third kappa shape index (κ3) is 3.34. The van der Waals surface area contributed by atoms with E-state index < -0.39 is 10.0 Å². The molecule has 0 radical (unpaired) electrons. The Morgan fingerprint density at radius 2 is 2.05 bits per heavy atom. The first-order valence-electron chi connectivity index (χ1n) is 6.56. The number of sulfonamides is 1. The molecule has 0 aliphatic heterocycles. The first kappa shape index (κ1) is 15.7. The molecule has 0 amide bonds. The molecule has 116 valence electrons. The second-order valence-electron chi connectivity index (χ2n) is 4.87. The molecule has 8 heteroatoms. The molecule has 0 fully saturated rings. The van der Waals surface area contributed by atoms with Gasteiger partial charge in [0.1, 0.15) is 16.4 Å². The monoisotopic (exact) mass is 312 g/mol. The fraction of sp³-hybridized carbons (Fsp3) is 0.462. The van der Waals surface area contributed by atoms with Crippen molar-refractivity contribution in [3.63, 3.8) is 0 Å². The summed E-state index contributed by atoms with van der Waals surface area (Å²) in [6.45, 7) is 4.22. The third-order valence-corrected chi connectivity index (χ3v) is 4.86. The van der Waals surface area contributed by atoms with Gasteiger partial charge in [0.25, 0.3) is 0 Å². The van der Waals surface area contributed by atoms with Gasteiger partial charge in [-0.05, 0) is 20.9 Å². The van der Waals surface area contributed by atoms with Crippen LogP contribution in [0.15, 0.2) is 21.6 Å². The van der Waals surface area contributed by atoms with Gasteiger partial charge in [-0.1, -0.05) is 0 Å². The SMILES string of the molecule is CNCc1cc(S(=O)(=O)NCc2cnn(C)c2C)c(C)o1. The maximum Gasteiger partial charge on any atom is 0.244 e. The summed E-state index contributed by atoms with van der Waals surface area (Å²) < 4.78 is 34.4. The van der Waals surface area contributed by atoms with Gasteiger partial charge in [-0.15, -0.1) is 0 Å². The van der Waals surface area contributed by atoms with Crippen molar-refractivity contribution in [3.8, 4) is 0 Å². The normalized spacial score (nSPS) is 12.0. The summed E-state index contributed by atoms with van der Waals surface area (Å²) in [5, 5.41) is 7.01. The Morgan fingerprint density at radius 1 is 1.33 bits per heavy atom. The molecule has 0 aliphatic rings. The lowest BCUT2D eigenvalue weighted by molar-refractivity contribution is 0.465. The van der Waals surface area contributed by atoms with Crippen LogP contribution >= 0.6 is 0 Å². The van der Waals surface area contributed by atoms with Gasteiger partial charge in [-0.2, -0.15) is 5.10 Å². The zero-order chi connectivity index (χ0) is 15.6. The van der Waals surface area contributed by atoms with Crippen molar-refractivity contribution in [2.75, 3.05) is 7.05 Å². The molecule has 21 heavy (non-hydrogen) atoms. The minimum atomic E-state index is -3.60. The lowest BCUT2D eigenvalue weighted by Gasteiger charge is -2.05. The lowest BCUT2D eigenvalue weighted by atomic mass is 10.3. The summed E-state index contributed by atoms with van der Waals surface area (Å²) >= 11 is 0. The van der Waals surface area contributed by atoms with Crippen LogP contribution in [-0.2, 0) is 30.2 Å². The molecule has 0 spiro atoms. The highest BCUT2D eigenvalue weighted by atomic mass is 32.2. The number of hydrogen-bond donors (Lipinski definition) is 2. The van der Waals surface area contributed by atoms with E-state index in [1.165, 1.54) is 0 Å². The van der Waals surface area contributed by atoms with E-state index in [2.05, 4.69) is 15.1 Å². The largest absolute Gasteiger partial charge is 0.464 e. The number of nitrogens with zero attached hydrogens (tertiary/aromatic N) is 2. The van der Waals surface area contributed by atoms with Crippen LogP contribution in [0.2, 0.25) is 0 Å². The first-order valence-corrected chi connectivity index (χ1v) is 8.04. The lowest BCUT2D eigenvalue weighted by Crippen LogP contribution is -2.23. The van der Waals surface area contributed by atoms with E-state index in [1.54, 1.807) is 30.9 Å². The highest BCUT2D eigenvalue weighted by Gasteiger charge is 2.21. The molecule has 2 aromatic heterocycles. The van der Waals surface area contributed by atoms with Crippen molar-refractivity contribution in [2.45, 2.75) is 31.8 Å². The zero-order valence-corrected chi connectivity index (χ0v) is 13.4. The molecule has 2 aromatic rings. The van der Waals surface area contributed by atoms with Crippen LogP contribution in [0.5, 0.6) is 0 Å².